The van der Waals surface area contributed by atoms with Crippen molar-refractivity contribution in [3.63, 3.8) is 0 Å². The van der Waals surface area contributed by atoms with Crippen molar-refractivity contribution in [1.82, 2.24) is 5.32 Å². The summed E-state index contributed by atoms with van der Waals surface area (Å²) < 4.78 is 5.55. The fourth-order valence-electron chi connectivity index (χ4n) is 3.12. The minimum Gasteiger partial charge on any atom is -0.389 e. The van der Waals surface area contributed by atoms with Crippen molar-refractivity contribution < 1.29 is 9.84 Å². The molecule has 1 saturated carbocycles. The van der Waals surface area contributed by atoms with Gasteiger partial charge in [0.25, 0.3) is 0 Å². The van der Waals surface area contributed by atoms with E-state index in [0.717, 1.165) is 24.9 Å². The number of hydrogen-bond donors (Lipinski definition) is 2. The first kappa shape index (κ1) is 17.9. The van der Waals surface area contributed by atoms with Gasteiger partial charge in [0.05, 0.1) is 12.7 Å². The van der Waals surface area contributed by atoms with Crippen LogP contribution >= 0.6 is 0 Å². The normalized spacial score (nSPS) is 25.1. The molecule has 0 aromatic carbocycles. The zero-order valence-corrected chi connectivity index (χ0v) is 13.7. The minimum atomic E-state index is -0.367. The summed E-state index contributed by atoms with van der Waals surface area (Å²) in [5.74, 6) is 1.53. The van der Waals surface area contributed by atoms with Gasteiger partial charge in [-0.3, -0.25) is 0 Å². The highest BCUT2D eigenvalue weighted by atomic mass is 16.5. The monoisotopic (exact) mass is 285 g/mol. The van der Waals surface area contributed by atoms with E-state index in [4.69, 9.17) is 4.74 Å². The molecule has 1 aliphatic rings. The van der Waals surface area contributed by atoms with Crippen molar-refractivity contribution in [1.29, 1.82) is 0 Å². The van der Waals surface area contributed by atoms with Gasteiger partial charge in [0.15, 0.2) is 0 Å². The summed E-state index contributed by atoms with van der Waals surface area (Å²) >= 11 is 0. The standard InChI is InChI=1S/C17H35NO2/c1-4-15-9-5-6-10-17(15)18-12-16(19)13-20-11-7-8-14(2)3/h14-19H,4-13H2,1-3H3. The van der Waals surface area contributed by atoms with Crippen LogP contribution < -0.4 is 5.32 Å². The van der Waals surface area contributed by atoms with E-state index in [1.54, 1.807) is 0 Å². The fraction of sp³-hybridized carbons (Fsp3) is 1.00. The zero-order chi connectivity index (χ0) is 14.8. The van der Waals surface area contributed by atoms with Crippen LogP contribution in [0.25, 0.3) is 0 Å². The molecule has 0 aromatic rings. The van der Waals surface area contributed by atoms with Crippen LogP contribution in [0.2, 0.25) is 0 Å². The summed E-state index contributed by atoms with van der Waals surface area (Å²) in [4.78, 5) is 0. The smallest absolute Gasteiger partial charge is 0.0897 e. The van der Waals surface area contributed by atoms with Crippen molar-refractivity contribution in [2.75, 3.05) is 19.8 Å². The third-order valence-corrected chi connectivity index (χ3v) is 4.43. The van der Waals surface area contributed by atoms with Gasteiger partial charge in [0.2, 0.25) is 0 Å². The highest BCUT2D eigenvalue weighted by Crippen LogP contribution is 2.26. The van der Waals surface area contributed by atoms with Crippen LogP contribution in [0.1, 0.15) is 65.7 Å². The Kier molecular flexibility index (Phi) is 9.49. The number of nitrogens with one attached hydrogen (secondary N) is 1. The molecular formula is C17H35NO2. The molecular weight excluding hydrogens is 250 g/mol. The molecule has 0 saturated heterocycles. The zero-order valence-electron chi connectivity index (χ0n) is 13.7. The molecule has 3 heteroatoms. The first-order valence-electron chi connectivity index (χ1n) is 8.62. The Bertz CT molecular complexity index is 233. The molecule has 3 atom stereocenters. The Balaban J connectivity index is 2.05. The first-order chi connectivity index (χ1) is 9.63. The number of hydrogen-bond acceptors (Lipinski definition) is 3. The molecule has 1 aliphatic carbocycles. The molecule has 0 aromatic heterocycles. The van der Waals surface area contributed by atoms with Crippen LogP contribution in [0.15, 0.2) is 0 Å². The lowest BCUT2D eigenvalue weighted by Crippen LogP contribution is -2.43. The van der Waals surface area contributed by atoms with Gasteiger partial charge in [-0.15, -0.1) is 0 Å². The van der Waals surface area contributed by atoms with Crippen molar-refractivity contribution in [2.24, 2.45) is 11.8 Å². The van der Waals surface area contributed by atoms with Crippen molar-refractivity contribution in [3.8, 4) is 0 Å². The van der Waals surface area contributed by atoms with Crippen LogP contribution in [0.4, 0.5) is 0 Å². The number of aliphatic hydroxyl groups excluding tert-OH is 1. The Morgan fingerprint density at radius 1 is 1.25 bits per heavy atom. The SMILES string of the molecule is CCC1CCCCC1NCC(O)COCCCC(C)C. The highest BCUT2D eigenvalue weighted by Gasteiger charge is 2.23. The summed E-state index contributed by atoms with van der Waals surface area (Å²) in [6.07, 6.45) is 8.49. The van der Waals surface area contributed by atoms with E-state index in [1.807, 2.05) is 0 Å². The molecule has 3 unspecified atom stereocenters. The largest absolute Gasteiger partial charge is 0.389 e. The van der Waals surface area contributed by atoms with E-state index < -0.39 is 0 Å². The average molecular weight is 285 g/mol. The quantitative estimate of drug-likeness (QED) is 0.605. The van der Waals surface area contributed by atoms with Gasteiger partial charge in [-0.25, -0.2) is 0 Å². The van der Waals surface area contributed by atoms with E-state index in [1.165, 1.54) is 38.5 Å². The summed E-state index contributed by atoms with van der Waals surface area (Å²) in [5, 5.41) is 13.5. The average Bonchev–Trinajstić information content (AvgIpc) is 2.44. The maximum absolute atomic E-state index is 9.96. The van der Waals surface area contributed by atoms with Gasteiger partial charge in [-0.05, 0) is 37.5 Å². The predicted octanol–water partition coefficient (Wildman–Crippen LogP) is 3.36. The number of ether oxygens (including phenoxy) is 1. The topological polar surface area (TPSA) is 41.5 Å². The fourth-order valence-corrected chi connectivity index (χ4v) is 3.12. The number of aliphatic hydroxyl groups is 1. The Hall–Kier alpha value is -0.120. The molecule has 120 valence electrons. The Labute approximate surface area is 125 Å². The van der Waals surface area contributed by atoms with Gasteiger partial charge in [-0.1, -0.05) is 40.0 Å². The van der Waals surface area contributed by atoms with Gasteiger partial charge >= 0.3 is 0 Å². The second-order valence-electron chi connectivity index (χ2n) is 6.73. The molecule has 2 N–H and O–H groups in total. The van der Waals surface area contributed by atoms with Crippen molar-refractivity contribution >= 4 is 0 Å². The summed E-state index contributed by atoms with van der Waals surface area (Å²) in [6, 6.07) is 0.601. The van der Waals surface area contributed by atoms with Crippen LogP contribution in [-0.4, -0.2) is 37.0 Å². The highest BCUT2D eigenvalue weighted by molar-refractivity contribution is 4.80. The maximum Gasteiger partial charge on any atom is 0.0897 e. The van der Waals surface area contributed by atoms with Crippen LogP contribution in [0.3, 0.4) is 0 Å². The molecule has 0 bridgehead atoms. The first-order valence-corrected chi connectivity index (χ1v) is 8.62. The molecule has 20 heavy (non-hydrogen) atoms. The maximum atomic E-state index is 9.96. The molecule has 1 fully saturated rings. The molecule has 0 spiro atoms. The Morgan fingerprint density at radius 2 is 2.00 bits per heavy atom. The molecule has 3 nitrogen and oxygen atoms in total. The van der Waals surface area contributed by atoms with Crippen LogP contribution in [0.5, 0.6) is 0 Å². The Morgan fingerprint density at radius 3 is 2.70 bits per heavy atom. The third kappa shape index (κ3) is 7.61. The molecule has 1 rings (SSSR count). The van der Waals surface area contributed by atoms with Crippen LogP contribution in [-0.2, 0) is 4.74 Å². The van der Waals surface area contributed by atoms with Gasteiger partial charge in [-0.2, -0.15) is 0 Å². The third-order valence-electron chi connectivity index (χ3n) is 4.43. The lowest BCUT2D eigenvalue weighted by atomic mass is 9.83. The van der Waals surface area contributed by atoms with Crippen molar-refractivity contribution in [3.05, 3.63) is 0 Å². The van der Waals surface area contributed by atoms with Crippen LogP contribution in [0, 0.1) is 11.8 Å². The van der Waals surface area contributed by atoms with Crippen molar-refractivity contribution in [2.45, 2.75) is 77.9 Å². The van der Waals surface area contributed by atoms with E-state index >= 15 is 0 Å². The number of rotatable bonds is 10. The lowest BCUT2D eigenvalue weighted by Gasteiger charge is -2.32. The minimum absolute atomic E-state index is 0.367. The van der Waals surface area contributed by atoms with E-state index in [0.29, 0.717) is 19.2 Å². The second-order valence-corrected chi connectivity index (χ2v) is 6.73. The van der Waals surface area contributed by atoms with Gasteiger partial charge in [0.1, 0.15) is 0 Å². The van der Waals surface area contributed by atoms with Gasteiger partial charge in [0, 0.05) is 19.2 Å². The van der Waals surface area contributed by atoms with Gasteiger partial charge < -0.3 is 15.2 Å². The molecule has 0 heterocycles. The molecule has 0 aliphatic heterocycles. The summed E-state index contributed by atoms with van der Waals surface area (Å²) in [5.41, 5.74) is 0. The summed E-state index contributed by atoms with van der Waals surface area (Å²) in [6.45, 7) is 8.65. The second kappa shape index (κ2) is 10.6. The molecule has 0 amide bonds. The summed E-state index contributed by atoms with van der Waals surface area (Å²) in [7, 11) is 0. The van der Waals surface area contributed by atoms with E-state index in [9.17, 15) is 5.11 Å². The lowest BCUT2D eigenvalue weighted by molar-refractivity contribution is 0.0314. The molecule has 0 radical (unpaired) electrons. The van der Waals surface area contributed by atoms with E-state index in [2.05, 4.69) is 26.1 Å². The predicted molar refractivity (Wildman–Crippen MR) is 84.9 cm³/mol. The van der Waals surface area contributed by atoms with E-state index in [-0.39, 0.29) is 6.10 Å².